The highest BCUT2D eigenvalue weighted by Gasteiger charge is 2.16. The summed E-state index contributed by atoms with van der Waals surface area (Å²) >= 11 is 3.05. The molecule has 1 atom stereocenters. The largest absolute Gasteiger partial charge is 0.325 e. The van der Waals surface area contributed by atoms with Crippen molar-refractivity contribution >= 4 is 34.7 Å². The molecule has 23 heavy (non-hydrogen) atoms. The molecule has 0 saturated heterocycles. The zero-order valence-electron chi connectivity index (χ0n) is 12.6. The third-order valence-corrected chi connectivity index (χ3v) is 5.31. The van der Waals surface area contributed by atoms with E-state index in [1.807, 2.05) is 73.0 Å². The van der Waals surface area contributed by atoms with Gasteiger partial charge in [0, 0.05) is 16.6 Å². The van der Waals surface area contributed by atoms with Gasteiger partial charge >= 0.3 is 0 Å². The smallest absolute Gasteiger partial charge is 0.237 e. The number of anilines is 1. The highest BCUT2D eigenvalue weighted by atomic mass is 32.2. The Morgan fingerprint density at radius 1 is 1.09 bits per heavy atom. The predicted octanol–water partition coefficient (Wildman–Crippen LogP) is 4.93. The molecule has 1 aromatic heterocycles. The van der Waals surface area contributed by atoms with Crippen molar-refractivity contribution in [2.24, 2.45) is 0 Å². The highest BCUT2D eigenvalue weighted by molar-refractivity contribution is 8.02. The Kier molecular flexibility index (Phi) is 5.10. The molecule has 0 radical (unpaired) electrons. The van der Waals surface area contributed by atoms with E-state index in [9.17, 15) is 4.79 Å². The second-order valence-corrected chi connectivity index (χ2v) is 7.43. The molecule has 1 heterocycles. The summed E-state index contributed by atoms with van der Waals surface area (Å²) in [5, 5.41) is 4.74. The molecule has 3 nitrogen and oxygen atoms in total. The van der Waals surface area contributed by atoms with Crippen molar-refractivity contribution < 1.29 is 4.79 Å². The maximum Gasteiger partial charge on any atom is 0.237 e. The van der Waals surface area contributed by atoms with E-state index in [4.69, 9.17) is 0 Å². The fourth-order valence-electron chi connectivity index (χ4n) is 2.02. The van der Waals surface area contributed by atoms with Crippen LogP contribution < -0.4 is 5.32 Å². The van der Waals surface area contributed by atoms with Crippen LogP contribution in [0.25, 0.3) is 11.3 Å². The molecule has 0 unspecified atom stereocenters. The maximum absolute atomic E-state index is 12.2. The zero-order valence-corrected chi connectivity index (χ0v) is 14.2. The minimum Gasteiger partial charge on any atom is -0.325 e. The van der Waals surface area contributed by atoms with Crippen LogP contribution in [0, 0.1) is 0 Å². The Balaban J connectivity index is 1.63. The van der Waals surface area contributed by atoms with Crippen LogP contribution in [0.1, 0.15) is 6.92 Å². The van der Waals surface area contributed by atoms with Crippen LogP contribution in [0.3, 0.4) is 0 Å². The van der Waals surface area contributed by atoms with Crippen LogP contribution in [0.5, 0.6) is 0 Å². The predicted molar refractivity (Wildman–Crippen MR) is 97.9 cm³/mol. The number of carbonyl (C=O) groups is 1. The Labute approximate surface area is 143 Å². The number of para-hydroxylation sites is 1. The molecule has 3 aromatic rings. The van der Waals surface area contributed by atoms with E-state index in [1.165, 1.54) is 11.8 Å². The monoisotopic (exact) mass is 340 g/mol. The van der Waals surface area contributed by atoms with E-state index in [0.717, 1.165) is 21.3 Å². The topological polar surface area (TPSA) is 42.0 Å². The molecule has 1 N–H and O–H groups in total. The van der Waals surface area contributed by atoms with Crippen molar-refractivity contribution in [3.63, 3.8) is 0 Å². The van der Waals surface area contributed by atoms with Crippen molar-refractivity contribution in [1.29, 1.82) is 0 Å². The van der Waals surface area contributed by atoms with E-state index in [1.54, 1.807) is 11.3 Å². The second kappa shape index (κ2) is 7.44. The van der Waals surface area contributed by atoms with Gasteiger partial charge in [0.05, 0.1) is 10.9 Å². The number of amides is 1. The summed E-state index contributed by atoms with van der Waals surface area (Å²) in [6.45, 7) is 1.90. The van der Waals surface area contributed by atoms with Crippen molar-refractivity contribution in [1.82, 2.24) is 4.98 Å². The van der Waals surface area contributed by atoms with E-state index in [-0.39, 0.29) is 11.2 Å². The number of nitrogens with one attached hydrogen (secondary N) is 1. The van der Waals surface area contributed by atoms with Crippen molar-refractivity contribution in [2.75, 3.05) is 5.32 Å². The quantitative estimate of drug-likeness (QED) is 0.670. The number of thiazole rings is 1. The maximum atomic E-state index is 12.2. The second-order valence-electron chi connectivity index (χ2n) is 4.98. The number of carbonyl (C=O) groups excluding carboxylic acids is 1. The normalized spacial score (nSPS) is 11.9. The molecule has 0 fully saturated rings. The summed E-state index contributed by atoms with van der Waals surface area (Å²) in [6.07, 6.45) is 0. The summed E-state index contributed by atoms with van der Waals surface area (Å²) < 4.78 is 0.902. The van der Waals surface area contributed by atoms with Gasteiger partial charge in [-0.2, -0.15) is 0 Å². The number of benzene rings is 2. The van der Waals surface area contributed by atoms with Gasteiger partial charge in [0.2, 0.25) is 5.91 Å². The lowest BCUT2D eigenvalue weighted by Gasteiger charge is -2.10. The average Bonchev–Trinajstić information content (AvgIpc) is 3.05. The summed E-state index contributed by atoms with van der Waals surface area (Å²) in [4.78, 5) is 16.8. The first-order valence-corrected chi connectivity index (χ1v) is 9.02. The molecule has 0 spiro atoms. The average molecular weight is 340 g/mol. The van der Waals surface area contributed by atoms with Gasteiger partial charge in [-0.15, -0.1) is 11.3 Å². The molecule has 116 valence electrons. The van der Waals surface area contributed by atoms with Crippen LogP contribution >= 0.6 is 23.1 Å². The van der Waals surface area contributed by atoms with Gasteiger partial charge in [0.25, 0.3) is 0 Å². The third kappa shape index (κ3) is 4.21. The standard InChI is InChI=1S/C18H16N2OS2/c1-13(17(21)19-15-10-6-3-7-11-15)23-18-20-16(12-22-18)14-8-4-2-5-9-14/h2-13H,1H3,(H,19,21)/t13-/m1/s1. The lowest BCUT2D eigenvalue weighted by atomic mass is 10.2. The minimum absolute atomic E-state index is 0.0161. The molecular formula is C18H16N2OS2. The number of nitrogens with zero attached hydrogens (tertiary/aromatic N) is 1. The fraction of sp³-hybridized carbons (Fsp3) is 0.111. The van der Waals surface area contributed by atoms with Crippen LogP contribution in [0.15, 0.2) is 70.4 Å². The van der Waals surface area contributed by atoms with Crippen LogP contribution in [0.4, 0.5) is 5.69 Å². The van der Waals surface area contributed by atoms with E-state index < -0.39 is 0 Å². The minimum atomic E-state index is -0.204. The molecule has 0 bridgehead atoms. The molecule has 0 aliphatic rings. The van der Waals surface area contributed by atoms with Gasteiger partial charge in [0.15, 0.2) is 4.34 Å². The van der Waals surface area contributed by atoms with Gasteiger partial charge in [0.1, 0.15) is 0 Å². The number of aromatic nitrogens is 1. The van der Waals surface area contributed by atoms with Crippen molar-refractivity contribution in [2.45, 2.75) is 16.5 Å². The molecule has 0 saturated carbocycles. The summed E-state index contributed by atoms with van der Waals surface area (Å²) in [5.74, 6) is -0.0161. The Hall–Kier alpha value is -2.11. The van der Waals surface area contributed by atoms with Gasteiger partial charge in [-0.3, -0.25) is 4.79 Å². The zero-order chi connectivity index (χ0) is 16.1. The van der Waals surface area contributed by atoms with E-state index >= 15 is 0 Å². The van der Waals surface area contributed by atoms with Gasteiger partial charge in [-0.05, 0) is 19.1 Å². The summed E-state index contributed by atoms with van der Waals surface area (Å²) in [5.41, 5.74) is 2.86. The lowest BCUT2D eigenvalue weighted by molar-refractivity contribution is -0.115. The van der Waals surface area contributed by atoms with E-state index in [0.29, 0.717) is 0 Å². The summed E-state index contributed by atoms with van der Waals surface area (Å²) in [7, 11) is 0. The van der Waals surface area contributed by atoms with Gasteiger partial charge in [-0.25, -0.2) is 4.98 Å². The molecule has 1 amide bonds. The molecular weight excluding hydrogens is 324 g/mol. The Morgan fingerprint density at radius 2 is 1.74 bits per heavy atom. The summed E-state index contributed by atoms with van der Waals surface area (Å²) in [6, 6.07) is 19.5. The van der Waals surface area contributed by atoms with Crippen LogP contribution in [0.2, 0.25) is 0 Å². The highest BCUT2D eigenvalue weighted by Crippen LogP contribution is 2.31. The molecule has 0 aliphatic carbocycles. The van der Waals surface area contributed by atoms with Crippen LogP contribution in [-0.4, -0.2) is 16.1 Å². The van der Waals surface area contributed by atoms with Gasteiger partial charge in [-0.1, -0.05) is 60.3 Å². The number of rotatable bonds is 5. The van der Waals surface area contributed by atoms with Crippen molar-refractivity contribution in [3.8, 4) is 11.3 Å². The molecule has 3 rings (SSSR count). The number of hydrogen-bond acceptors (Lipinski definition) is 4. The van der Waals surface area contributed by atoms with Gasteiger partial charge < -0.3 is 5.32 Å². The molecule has 0 aliphatic heterocycles. The lowest BCUT2D eigenvalue weighted by Crippen LogP contribution is -2.22. The SMILES string of the molecule is C[C@@H](Sc1nc(-c2ccccc2)cs1)C(=O)Nc1ccccc1. The fourth-order valence-corrected chi connectivity index (χ4v) is 3.99. The molecule has 5 heteroatoms. The van der Waals surface area contributed by atoms with Crippen LogP contribution in [-0.2, 0) is 4.79 Å². The van der Waals surface area contributed by atoms with E-state index in [2.05, 4.69) is 10.3 Å². The Morgan fingerprint density at radius 3 is 2.43 bits per heavy atom. The third-order valence-electron chi connectivity index (χ3n) is 3.24. The first-order chi connectivity index (χ1) is 11.2. The number of thioether (sulfide) groups is 1. The Bertz CT molecular complexity index is 772. The number of hydrogen-bond donors (Lipinski definition) is 1. The first-order valence-electron chi connectivity index (χ1n) is 7.26. The first kappa shape index (κ1) is 15.8. The molecule has 2 aromatic carbocycles. The van der Waals surface area contributed by atoms with Crippen molar-refractivity contribution in [3.05, 3.63) is 66.0 Å².